The molecule has 3 aliphatic rings. The molecule has 0 bridgehead atoms. The number of carboxylic acids is 2. The first-order chi connectivity index (χ1) is 14.7. The van der Waals surface area contributed by atoms with Gasteiger partial charge in [-0.1, -0.05) is 17.8 Å². The number of carboxylic acid groups (broad SMARTS) is 2. The molecule has 160 valence electrons. The molecule has 31 heavy (non-hydrogen) atoms. The van der Waals surface area contributed by atoms with Crippen LogP contribution >= 0.6 is 11.8 Å². The number of aliphatic carboxylic acids is 2. The molecule has 0 radical (unpaired) electrons. The van der Waals surface area contributed by atoms with E-state index in [4.69, 9.17) is 9.84 Å². The summed E-state index contributed by atoms with van der Waals surface area (Å²) >= 11 is 0.983. The van der Waals surface area contributed by atoms with Gasteiger partial charge >= 0.3 is 17.8 Å². The van der Waals surface area contributed by atoms with Gasteiger partial charge in [-0.05, 0) is 17.7 Å². The van der Waals surface area contributed by atoms with Crippen molar-refractivity contribution in [3.05, 3.63) is 57.1 Å². The zero-order valence-corrected chi connectivity index (χ0v) is 16.2. The lowest BCUT2D eigenvalue weighted by Gasteiger charge is -2.25. The lowest BCUT2D eigenvalue weighted by Crippen LogP contribution is -2.30. The van der Waals surface area contributed by atoms with E-state index >= 15 is 0 Å². The second-order valence-electron chi connectivity index (χ2n) is 6.85. The van der Waals surface area contributed by atoms with E-state index in [1.165, 1.54) is 12.1 Å². The fourth-order valence-corrected chi connectivity index (χ4v) is 4.96. The van der Waals surface area contributed by atoms with Gasteiger partial charge in [0, 0.05) is 12.3 Å². The summed E-state index contributed by atoms with van der Waals surface area (Å²) in [6, 6.07) is 2.41. The second-order valence-corrected chi connectivity index (χ2v) is 8.10. The van der Waals surface area contributed by atoms with Crippen LogP contribution in [0.5, 0.6) is 0 Å². The van der Waals surface area contributed by atoms with Crippen LogP contribution in [0.3, 0.4) is 0 Å². The first-order valence-electron chi connectivity index (χ1n) is 8.86. The fourth-order valence-electron chi connectivity index (χ4n) is 3.66. The SMILES string of the molecule is O=C(O)C(=O)NC1=C(C(=O)O)C2C=C(Cc3ccc(F)c4c3C(=O)NC4=O)OCC2S1. The number of hydrogen-bond donors (Lipinski definition) is 4. The molecule has 3 heterocycles. The van der Waals surface area contributed by atoms with Crippen molar-refractivity contribution in [2.24, 2.45) is 5.92 Å². The largest absolute Gasteiger partial charge is 0.497 e. The van der Waals surface area contributed by atoms with Gasteiger partial charge in [0.2, 0.25) is 0 Å². The molecule has 3 aliphatic heterocycles. The van der Waals surface area contributed by atoms with Crippen molar-refractivity contribution in [3.8, 4) is 0 Å². The number of rotatable bonds is 4. The number of hydrogen-bond acceptors (Lipinski definition) is 7. The number of benzene rings is 1. The Kier molecular flexibility index (Phi) is 5.01. The Morgan fingerprint density at radius 3 is 2.58 bits per heavy atom. The number of thioether (sulfide) groups is 1. The van der Waals surface area contributed by atoms with E-state index < -0.39 is 46.6 Å². The lowest BCUT2D eigenvalue weighted by molar-refractivity contribution is -0.149. The molecule has 10 nitrogen and oxygen atoms in total. The van der Waals surface area contributed by atoms with Crippen molar-refractivity contribution in [1.29, 1.82) is 0 Å². The highest BCUT2D eigenvalue weighted by Crippen LogP contribution is 2.45. The topological polar surface area (TPSA) is 159 Å². The van der Waals surface area contributed by atoms with Crippen LogP contribution in [-0.4, -0.2) is 51.7 Å². The number of halogens is 1. The average Bonchev–Trinajstić information content (AvgIpc) is 3.20. The third kappa shape index (κ3) is 3.54. The number of carbonyl (C=O) groups excluding carboxylic acids is 3. The Bertz CT molecular complexity index is 1140. The smallest absolute Gasteiger partial charge is 0.394 e. The van der Waals surface area contributed by atoms with E-state index in [1.807, 2.05) is 5.32 Å². The molecule has 0 fully saturated rings. The molecular weight excluding hydrogens is 435 g/mol. The highest BCUT2D eigenvalue weighted by molar-refractivity contribution is 8.04. The summed E-state index contributed by atoms with van der Waals surface area (Å²) in [6.07, 6.45) is 1.51. The van der Waals surface area contributed by atoms with Crippen LogP contribution < -0.4 is 10.6 Å². The molecule has 1 aromatic carbocycles. The molecule has 4 rings (SSSR count). The number of fused-ring (bicyclic) bond motifs is 2. The third-order valence-electron chi connectivity index (χ3n) is 4.98. The van der Waals surface area contributed by atoms with Gasteiger partial charge in [-0.2, -0.15) is 0 Å². The van der Waals surface area contributed by atoms with Gasteiger partial charge in [-0.25, -0.2) is 14.0 Å². The van der Waals surface area contributed by atoms with E-state index in [9.17, 15) is 33.5 Å². The molecule has 0 saturated heterocycles. The van der Waals surface area contributed by atoms with Crippen molar-refractivity contribution >= 4 is 41.4 Å². The summed E-state index contributed by atoms with van der Waals surface area (Å²) in [7, 11) is 0. The highest BCUT2D eigenvalue weighted by Gasteiger charge is 2.42. The number of imide groups is 1. The van der Waals surface area contributed by atoms with Crippen molar-refractivity contribution < 1.29 is 43.3 Å². The minimum absolute atomic E-state index is 0.000910. The summed E-state index contributed by atoms with van der Waals surface area (Å²) < 4.78 is 19.6. The molecule has 0 saturated carbocycles. The molecule has 12 heteroatoms. The summed E-state index contributed by atoms with van der Waals surface area (Å²) in [6.45, 7) is 0.0545. The van der Waals surface area contributed by atoms with Gasteiger partial charge in [0.15, 0.2) is 0 Å². The van der Waals surface area contributed by atoms with Gasteiger partial charge in [0.1, 0.15) is 12.4 Å². The van der Waals surface area contributed by atoms with Crippen LogP contribution in [-0.2, 0) is 25.5 Å². The standard InChI is InChI=1S/C19H13FN2O8S/c20-9-2-1-6(11-13(9)15(24)21-14(11)23)3-7-4-8-10(5-30-7)31-17(12(8)18(26)27)22-16(25)19(28)29/h1-2,4,8,10H,3,5H2,(H,22,25)(H,26,27)(H,28,29)(H,21,23,24). The van der Waals surface area contributed by atoms with Crippen molar-refractivity contribution in [2.75, 3.05) is 6.61 Å². The van der Waals surface area contributed by atoms with Gasteiger partial charge < -0.3 is 20.3 Å². The second kappa shape index (κ2) is 7.54. The molecule has 0 aliphatic carbocycles. The maximum Gasteiger partial charge on any atom is 0.394 e. The highest BCUT2D eigenvalue weighted by atomic mass is 32.2. The predicted molar refractivity (Wildman–Crippen MR) is 101 cm³/mol. The van der Waals surface area contributed by atoms with Crippen LogP contribution in [0.1, 0.15) is 26.3 Å². The average molecular weight is 448 g/mol. The van der Waals surface area contributed by atoms with Crippen LogP contribution in [0.25, 0.3) is 0 Å². The monoisotopic (exact) mass is 448 g/mol. The fraction of sp³-hybridized carbons (Fsp3) is 0.211. The quantitative estimate of drug-likeness (QED) is 0.378. The lowest BCUT2D eigenvalue weighted by atomic mass is 9.91. The number of ether oxygens (including phenoxy) is 1. The molecule has 1 aromatic rings. The van der Waals surface area contributed by atoms with Crippen LogP contribution in [0.2, 0.25) is 0 Å². The van der Waals surface area contributed by atoms with Gasteiger partial charge in [-0.3, -0.25) is 19.7 Å². The zero-order chi connectivity index (χ0) is 22.4. The molecule has 0 spiro atoms. The number of nitrogens with one attached hydrogen (secondary N) is 2. The van der Waals surface area contributed by atoms with Gasteiger partial charge in [0.05, 0.1) is 32.7 Å². The van der Waals surface area contributed by atoms with E-state index in [0.717, 1.165) is 17.8 Å². The number of carbonyl (C=O) groups is 5. The van der Waals surface area contributed by atoms with Crippen LogP contribution in [0, 0.1) is 11.7 Å². The Morgan fingerprint density at radius 2 is 1.90 bits per heavy atom. The van der Waals surface area contributed by atoms with Crippen molar-refractivity contribution in [3.63, 3.8) is 0 Å². The predicted octanol–water partition coefficient (Wildman–Crippen LogP) is 0.395. The number of allylic oxidation sites excluding steroid dienone is 2. The first-order valence-corrected chi connectivity index (χ1v) is 9.74. The van der Waals surface area contributed by atoms with Gasteiger partial charge in [-0.15, -0.1) is 0 Å². The van der Waals surface area contributed by atoms with E-state index in [1.54, 1.807) is 0 Å². The molecule has 3 amide bonds. The summed E-state index contributed by atoms with van der Waals surface area (Å²) in [5, 5.41) is 22.0. The molecular formula is C19H13FN2O8S. The van der Waals surface area contributed by atoms with Crippen molar-refractivity contribution in [1.82, 2.24) is 10.6 Å². The maximum absolute atomic E-state index is 14.0. The Morgan fingerprint density at radius 1 is 1.19 bits per heavy atom. The minimum atomic E-state index is -1.75. The van der Waals surface area contributed by atoms with Crippen LogP contribution in [0.4, 0.5) is 4.39 Å². The minimum Gasteiger partial charge on any atom is -0.497 e. The zero-order valence-electron chi connectivity index (χ0n) is 15.4. The Labute approximate surface area is 177 Å². The first kappa shape index (κ1) is 20.6. The molecule has 2 atom stereocenters. The van der Waals surface area contributed by atoms with E-state index in [2.05, 4.69) is 5.32 Å². The summed E-state index contributed by atoms with van der Waals surface area (Å²) in [5.41, 5.74) is -0.295. The van der Waals surface area contributed by atoms with Gasteiger partial charge in [0.25, 0.3) is 11.8 Å². The maximum atomic E-state index is 14.0. The third-order valence-corrected chi connectivity index (χ3v) is 6.27. The summed E-state index contributed by atoms with van der Waals surface area (Å²) in [5.74, 6) is -7.23. The normalized spacial score (nSPS) is 21.6. The van der Waals surface area contributed by atoms with Crippen LogP contribution in [0.15, 0.2) is 34.6 Å². The summed E-state index contributed by atoms with van der Waals surface area (Å²) in [4.78, 5) is 57.9. The number of amides is 3. The van der Waals surface area contributed by atoms with Crippen molar-refractivity contribution in [2.45, 2.75) is 11.7 Å². The molecule has 2 unspecified atom stereocenters. The van der Waals surface area contributed by atoms with E-state index in [0.29, 0.717) is 11.3 Å². The Hall–Kier alpha value is -3.67. The molecule has 0 aromatic heterocycles. The Balaban J connectivity index is 1.66. The molecule has 4 N–H and O–H groups in total. The van der Waals surface area contributed by atoms with E-state index in [-0.39, 0.29) is 34.8 Å².